The topological polar surface area (TPSA) is 117 Å². The number of para-hydroxylation sites is 2. The Morgan fingerprint density at radius 2 is 1.36 bits per heavy atom. The fraction of sp³-hybridized carbons (Fsp3) is 0.400. The lowest BCUT2D eigenvalue weighted by Gasteiger charge is -2.30. The summed E-state index contributed by atoms with van der Waals surface area (Å²) in [5, 5.41) is 16.8. The molecule has 1 saturated heterocycles. The quantitative estimate of drug-likeness (QED) is 0.274. The highest BCUT2D eigenvalue weighted by molar-refractivity contribution is 5.98. The second kappa shape index (κ2) is 15.5. The highest BCUT2D eigenvalue weighted by Crippen LogP contribution is 2.24. The molecule has 9 nitrogen and oxygen atoms in total. The first-order chi connectivity index (χ1) is 21.1. The van der Waals surface area contributed by atoms with Crippen molar-refractivity contribution >= 4 is 17.7 Å². The normalized spacial score (nSPS) is 16.2. The summed E-state index contributed by atoms with van der Waals surface area (Å²) in [6, 6.07) is 19.9. The molecule has 9 heteroatoms. The highest BCUT2D eigenvalue weighted by atomic mass is 16.5. The number of aliphatic hydroxyl groups excluding tert-OH is 1. The summed E-state index contributed by atoms with van der Waals surface area (Å²) in [6.07, 6.45) is 0.728. The van der Waals surface area contributed by atoms with Gasteiger partial charge in [0.25, 0.3) is 11.8 Å². The zero-order valence-electron chi connectivity index (χ0n) is 26.0. The van der Waals surface area contributed by atoms with Crippen molar-refractivity contribution in [1.29, 1.82) is 0 Å². The summed E-state index contributed by atoms with van der Waals surface area (Å²) < 4.78 is 11.5. The number of amides is 3. The van der Waals surface area contributed by atoms with Gasteiger partial charge in [0.1, 0.15) is 11.5 Å². The Morgan fingerprint density at radius 3 is 1.93 bits per heavy atom. The number of benzene rings is 3. The number of likely N-dealkylation sites (tertiary alicyclic amines) is 1. The second-order valence-electron chi connectivity index (χ2n) is 11.5. The Morgan fingerprint density at radius 1 is 0.818 bits per heavy atom. The van der Waals surface area contributed by atoms with Crippen LogP contribution in [0.1, 0.15) is 40.7 Å². The van der Waals surface area contributed by atoms with Gasteiger partial charge in [0.15, 0.2) is 13.2 Å². The van der Waals surface area contributed by atoms with Crippen molar-refractivity contribution in [2.75, 3.05) is 26.3 Å². The molecule has 44 heavy (non-hydrogen) atoms. The van der Waals surface area contributed by atoms with E-state index in [4.69, 9.17) is 9.47 Å². The first kappa shape index (κ1) is 32.7. The van der Waals surface area contributed by atoms with E-state index in [1.807, 2.05) is 99.3 Å². The van der Waals surface area contributed by atoms with Crippen molar-refractivity contribution in [3.05, 3.63) is 94.5 Å². The first-order valence-corrected chi connectivity index (χ1v) is 15.1. The fourth-order valence-corrected chi connectivity index (χ4v) is 5.69. The van der Waals surface area contributed by atoms with Crippen molar-refractivity contribution in [2.45, 2.75) is 65.1 Å². The van der Waals surface area contributed by atoms with Crippen molar-refractivity contribution in [2.24, 2.45) is 0 Å². The van der Waals surface area contributed by atoms with E-state index in [0.29, 0.717) is 30.9 Å². The molecule has 0 saturated carbocycles. The molecule has 3 N–H and O–H groups in total. The van der Waals surface area contributed by atoms with Crippen molar-refractivity contribution in [3.8, 4) is 11.5 Å². The van der Waals surface area contributed by atoms with Gasteiger partial charge in [0, 0.05) is 6.54 Å². The van der Waals surface area contributed by atoms with E-state index in [0.717, 1.165) is 34.2 Å². The minimum atomic E-state index is -0.976. The van der Waals surface area contributed by atoms with E-state index >= 15 is 0 Å². The minimum absolute atomic E-state index is 0.153. The third-order valence-corrected chi connectivity index (χ3v) is 7.97. The van der Waals surface area contributed by atoms with Crippen LogP contribution < -0.4 is 20.1 Å². The molecule has 0 radical (unpaired) electrons. The van der Waals surface area contributed by atoms with Crippen LogP contribution in [0.3, 0.4) is 0 Å². The van der Waals surface area contributed by atoms with Crippen molar-refractivity contribution in [1.82, 2.24) is 15.5 Å². The summed E-state index contributed by atoms with van der Waals surface area (Å²) in [7, 11) is 0. The number of aryl methyl sites for hydroxylation is 4. The van der Waals surface area contributed by atoms with Gasteiger partial charge in [-0.15, -0.1) is 0 Å². The van der Waals surface area contributed by atoms with Crippen LogP contribution in [0.15, 0.2) is 66.7 Å². The molecule has 3 aromatic rings. The number of nitrogens with zero attached hydrogens (tertiary/aromatic N) is 1. The molecule has 0 unspecified atom stereocenters. The SMILES string of the molecule is Cc1cccc(C)c1OCC(=O)NC(=O)[C@@H]1CCCN1C[C@@H](O)[C@H](Cc1ccccc1)NC(=O)COc1c(C)cccc1C. The van der Waals surface area contributed by atoms with Crippen LogP contribution in [0.5, 0.6) is 11.5 Å². The summed E-state index contributed by atoms with van der Waals surface area (Å²) in [4.78, 5) is 40.6. The number of hydrogen-bond acceptors (Lipinski definition) is 7. The van der Waals surface area contributed by atoms with Crippen molar-refractivity contribution in [3.63, 3.8) is 0 Å². The molecule has 3 atom stereocenters. The van der Waals surface area contributed by atoms with E-state index in [1.165, 1.54) is 0 Å². The summed E-state index contributed by atoms with van der Waals surface area (Å²) >= 11 is 0. The number of β-amino-alcohol motifs (C(OH)–C–C–N with tert-alkyl or cyclic N) is 1. The summed E-state index contributed by atoms with van der Waals surface area (Å²) in [5.41, 5.74) is 4.65. The number of carbonyl (C=O) groups is 3. The Kier molecular flexibility index (Phi) is 11.5. The lowest BCUT2D eigenvalue weighted by molar-refractivity contribution is -0.134. The van der Waals surface area contributed by atoms with Gasteiger partial charge in [0.2, 0.25) is 5.91 Å². The van der Waals surface area contributed by atoms with Gasteiger partial charge in [-0.3, -0.25) is 24.6 Å². The Balaban J connectivity index is 1.36. The monoisotopic (exact) mass is 601 g/mol. The number of imide groups is 1. The first-order valence-electron chi connectivity index (χ1n) is 15.1. The van der Waals surface area contributed by atoms with E-state index in [1.54, 1.807) is 0 Å². The van der Waals surface area contributed by atoms with Crippen LogP contribution >= 0.6 is 0 Å². The Labute approximate surface area is 259 Å². The fourth-order valence-electron chi connectivity index (χ4n) is 5.69. The lowest BCUT2D eigenvalue weighted by Crippen LogP contribution is -2.53. The second-order valence-corrected chi connectivity index (χ2v) is 11.5. The Bertz CT molecular complexity index is 1400. The molecule has 3 aromatic carbocycles. The average Bonchev–Trinajstić information content (AvgIpc) is 3.45. The van der Waals surface area contributed by atoms with Crippen LogP contribution in [-0.2, 0) is 20.8 Å². The van der Waals surface area contributed by atoms with Gasteiger partial charge in [-0.1, -0.05) is 66.7 Å². The smallest absolute Gasteiger partial charge is 0.264 e. The highest BCUT2D eigenvalue weighted by Gasteiger charge is 2.35. The van der Waals surface area contributed by atoms with Gasteiger partial charge in [-0.25, -0.2) is 0 Å². The molecule has 234 valence electrons. The van der Waals surface area contributed by atoms with Gasteiger partial charge in [-0.2, -0.15) is 0 Å². The molecule has 3 amide bonds. The maximum absolute atomic E-state index is 13.1. The van der Waals surface area contributed by atoms with Crippen LogP contribution in [-0.4, -0.2) is 72.2 Å². The number of rotatable bonds is 13. The average molecular weight is 602 g/mol. The largest absolute Gasteiger partial charge is 0.483 e. The lowest BCUT2D eigenvalue weighted by atomic mass is 10.0. The van der Waals surface area contributed by atoms with Gasteiger partial charge in [0.05, 0.1) is 18.2 Å². The van der Waals surface area contributed by atoms with E-state index < -0.39 is 30.0 Å². The number of aliphatic hydroxyl groups is 1. The third-order valence-electron chi connectivity index (χ3n) is 7.97. The summed E-state index contributed by atoms with van der Waals surface area (Å²) in [5.74, 6) is 0.00538. The number of nitrogens with one attached hydrogen (secondary N) is 2. The molecular weight excluding hydrogens is 558 g/mol. The standard InChI is InChI=1S/C35H43N3O6/c1-23-11-8-12-24(2)33(23)43-21-31(40)36-28(19-27-15-6-5-7-16-27)30(39)20-38-18-10-17-29(38)35(42)37-32(41)22-44-34-25(3)13-9-14-26(34)4/h5-9,11-16,28-30,39H,10,17-22H2,1-4H3,(H,36,40)(H,37,41,42)/t28-,29-,30+/m0/s1. The number of hydrogen-bond donors (Lipinski definition) is 3. The van der Waals surface area contributed by atoms with E-state index in [-0.39, 0.29) is 25.7 Å². The van der Waals surface area contributed by atoms with Crippen LogP contribution in [0.25, 0.3) is 0 Å². The molecule has 0 spiro atoms. The summed E-state index contributed by atoms with van der Waals surface area (Å²) in [6.45, 7) is 7.93. The molecule has 1 heterocycles. The zero-order valence-corrected chi connectivity index (χ0v) is 26.0. The zero-order chi connectivity index (χ0) is 31.6. The maximum atomic E-state index is 13.1. The van der Waals surface area contributed by atoms with E-state index in [2.05, 4.69) is 10.6 Å². The molecule has 1 aliphatic heterocycles. The van der Waals surface area contributed by atoms with E-state index in [9.17, 15) is 19.5 Å². The molecular formula is C35H43N3O6. The number of ether oxygens (including phenoxy) is 2. The molecule has 1 aliphatic rings. The van der Waals surface area contributed by atoms with Crippen LogP contribution in [0.4, 0.5) is 0 Å². The molecule has 1 fully saturated rings. The number of carbonyl (C=O) groups excluding carboxylic acids is 3. The molecule has 0 aliphatic carbocycles. The van der Waals surface area contributed by atoms with Crippen molar-refractivity contribution < 1.29 is 29.0 Å². The minimum Gasteiger partial charge on any atom is -0.483 e. The molecule has 0 aromatic heterocycles. The maximum Gasteiger partial charge on any atom is 0.264 e. The predicted molar refractivity (Wildman–Crippen MR) is 169 cm³/mol. The Hall–Kier alpha value is -4.21. The van der Waals surface area contributed by atoms with Gasteiger partial charge < -0.3 is 19.9 Å². The predicted octanol–water partition coefficient (Wildman–Crippen LogP) is 3.57. The molecule has 4 rings (SSSR count). The molecule has 0 bridgehead atoms. The van der Waals surface area contributed by atoms with Gasteiger partial charge >= 0.3 is 0 Å². The van der Waals surface area contributed by atoms with Crippen LogP contribution in [0, 0.1) is 27.7 Å². The third kappa shape index (κ3) is 8.90. The van der Waals surface area contributed by atoms with Crippen LogP contribution in [0.2, 0.25) is 0 Å². The van der Waals surface area contributed by atoms with Gasteiger partial charge in [-0.05, 0) is 81.3 Å².